The molecule has 2 fully saturated rings. The summed E-state index contributed by atoms with van der Waals surface area (Å²) in [6, 6.07) is 13.3. The minimum absolute atomic E-state index is 0.000341. The van der Waals surface area contributed by atoms with Crippen molar-refractivity contribution in [2.45, 2.75) is 13.3 Å². The van der Waals surface area contributed by atoms with Crippen LogP contribution in [0, 0.1) is 5.92 Å². The van der Waals surface area contributed by atoms with Crippen molar-refractivity contribution < 1.29 is 14.3 Å². The molecule has 0 spiro atoms. The molecule has 0 unspecified atom stereocenters. The highest BCUT2D eigenvalue weighted by atomic mass is 16.5. The van der Waals surface area contributed by atoms with Crippen LogP contribution in [0.1, 0.15) is 13.3 Å². The molecule has 2 aliphatic heterocycles. The van der Waals surface area contributed by atoms with E-state index in [0.29, 0.717) is 26.2 Å². The van der Waals surface area contributed by atoms with Crippen LogP contribution in [-0.4, -0.2) is 61.0 Å². The van der Waals surface area contributed by atoms with Gasteiger partial charge in [0.05, 0.1) is 12.5 Å². The van der Waals surface area contributed by atoms with Crippen LogP contribution in [0.2, 0.25) is 0 Å². The molecule has 2 aliphatic rings. The van der Waals surface area contributed by atoms with Crippen LogP contribution in [0.15, 0.2) is 48.7 Å². The highest BCUT2D eigenvalue weighted by Gasteiger charge is 2.38. The van der Waals surface area contributed by atoms with E-state index in [4.69, 9.17) is 4.74 Å². The first kappa shape index (κ1) is 19.2. The fourth-order valence-corrected chi connectivity index (χ4v) is 3.97. The number of anilines is 2. The van der Waals surface area contributed by atoms with E-state index in [1.165, 1.54) is 0 Å². The van der Waals surface area contributed by atoms with Gasteiger partial charge in [0.2, 0.25) is 11.8 Å². The predicted octanol–water partition coefficient (Wildman–Crippen LogP) is 2.18. The van der Waals surface area contributed by atoms with Gasteiger partial charge in [0, 0.05) is 51.0 Å². The van der Waals surface area contributed by atoms with Crippen LogP contribution < -0.4 is 14.5 Å². The second-order valence-corrected chi connectivity index (χ2v) is 7.33. The molecular weight excluding hydrogens is 368 g/mol. The molecule has 29 heavy (non-hydrogen) atoms. The monoisotopic (exact) mass is 394 g/mol. The van der Waals surface area contributed by atoms with E-state index in [-0.39, 0.29) is 24.2 Å². The molecule has 2 amide bonds. The summed E-state index contributed by atoms with van der Waals surface area (Å²) in [4.78, 5) is 35.7. The third-order valence-electron chi connectivity index (χ3n) is 5.50. The molecule has 152 valence electrons. The Balaban J connectivity index is 1.35. The van der Waals surface area contributed by atoms with Gasteiger partial charge in [0.25, 0.3) is 0 Å². The maximum Gasteiger partial charge on any atom is 0.228 e. The Morgan fingerprint density at radius 1 is 1.10 bits per heavy atom. The zero-order valence-electron chi connectivity index (χ0n) is 16.7. The summed E-state index contributed by atoms with van der Waals surface area (Å²) in [5.41, 5.74) is 0.814. The smallest absolute Gasteiger partial charge is 0.228 e. The second-order valence-electron chi connectivity index (χ2n) is 7.33. The van der Waals surface area contributed by atoms with Crippen LogP contribution in [-0.2, 0) is 9.59 Å². The summed E-state index contributed by atoms with van der Waals surface area (Å²) in [7, 11) is 0. The third kappa shape index (κ3) is 4.18. The topological polar surface area (TPSA) is 66.0 Å². The summed E-state index contributed by atoms with van der Waals surface area (Å²) in [5, 5.41) is 0. The van der Waals surface area contributed by atoms with E-state index in [1.54, 1.807) is 11.1 Å². The van der Waals surface area contributed by atoms with E-state index < -0.39 is 0 Å². The number of hydrogen-bond donors (Lipinski definition) is 0. The van der Waals surface area contributed by atoms with Gasteiger partial charge in [-0.15, -0.1) is 0 Å². The lowest BCUT2D eigenvalue weighted by Gasteiger charge is -2.36. The SMILES string of the molecule is CCOc1ccc(N2C[C@@H](C(=O)N3CCN(c4ccccn4)CC3)CC2=O)cc1. The van der Waals surface area contributed by atoms with Crippen molar-refractivity contribution in [1.29, 1.82) is 0 Å². The van der Waals surface area contributed by atoms with Crippen LogP contribution in [0.3, 0.4) is 0 Å². The van der Waals surface area contributed by atoms with Gasteiger partial charge in [0.1, 0.15) is 11.6 Å². The van der Waals surface area contributed by atoms with Crippen LogP contribution in [0.4, 0.5) is 11.5 Å². The van der Waals surface area contributed by atoms with Gasteiger partial charge in [-0.25, -0.2) is 4.98 Å². The van der Waals surface area contributed by atoms with Crippen molar-refractivity contribution in [2.24, 2.45) is 5.92 Å². The van der Waals surface area contributed by atoms with E-state index >= 15 is 0 Å². The lowest BCUT2D eigenvalue weighted by atomic mass is 10.1. The first-order valence-corrected chi connectivity index (χ1v) is 10.1. The number of aromatic nitrogens is 1. The van der Waals surface area contributed by atoms with Gasteiger partial charge in [0.15, 0.2) is 0 Å². The molecule has 1 aromatic heterocycles. The van der Waals surface area contributed by atoms with Gasteiger partial charge >= 0.3 is 0 Å². The van der Waals surface area contributed by atoms with Gasteiger partial charge < -0.3 is 19.4 Å². The largest absolute Gasteiger partial charge is 0.494 e. The van der Waals surface area contributed by atoms with Crippen LogP contribution in [0.25, 0.3) is 0 Å². The Bertz CT molecular complexity index is 848. The molecule has 0 saturated carbocycles. The summed E-state index contributed by atoms with van der Waals surface area (Å²) in [6.07, 6.45) is 2.05. The molecule has 2 saturated heterocycles. The molecule has 0 bridgehead atoms. The zero-order chi connectivity index (χ0) is 20.2. The summed E-state index contributed by atoms with van der Waals surface area (Å²) in [5.74, 6) is 1.51. The van der Waals surface area contributed by atoms with Crippen molar-refractivity contribution in [2.75, 3.05) is 49.1 Å². The van der Waals surface area contributed by atoms with E-state index in [0.717, 1.165) is 30.3 Å². The van der Waals surface area contributed by atoms with E-state index in [2.05, 4.69) is 9.88 Å². The summed E-state index contributed by atoms with van der Waals surface area (Å²) in [6.45, 7) is 5.80. The Hall–Kier alpha value is -3.09. The predicted molar refractivity (Wildman–Crippen MR) is 111 cm³/mol. The third-order valence-corrected chi connectivity index (χ3v) is 5.50. The first-order valence-electron chi connectivity index (χ1n) is 10.1. The summed E-state index contributed by atoms with van der Waals surface area (Å²) < 4.78 is 5.46. The number of benzene rings is 1. The minimum Gasteiger partial charge on any atom is -0.494 e. The Morgan fingerprint density at radius 3 is 2.52 bits per heavy atom. The van der Waals surface area contributed by atoms with Gasteiger partial charge in [-0.05, 0) is 43.3 Å². The fraction of sp³-hybridized carbons (Fsp3) is 0.409. The molecule has 0 N–H and O–H groups in total. The molecule has 1 aromatic carbocycles. The number of ether oxygens (including phenoxy) is 1. The Kier molecular flexibility index (Phi) is 5.64. The van der Waals surface area contributed by atoms with E-state index in [9.17, 15) is 9.59 Å². The molecular formula is C22H26N4O3. The number of nitrogens with zero attached hydrogens (tertiary/aromatic N) is 4. The number of carbonyl (C=O) groups is 2. The fourth-order valence-electron chi connectivity index (χ4n) is 3.97. The molecule has 4 rings (SSSR count). The highest BCUT2D eigenvalue weighted by molar-refractivity contribution is 6.00. The normalized spacial score (nSPS) is 19.6. The Labute approximate surface area is 170 Å². The molecule has 2 aromatic rings. The van der Waals surface area contributed by atoms with Crippen molar-refractivity contribution in [1.82, 2.24) is 9.88 Å². The number of amides is 2. The van der Waals surface area contributed by atoms with Crippen molar-refractivity contribution in [3.63, 3.8) is 0 Å². The summed E-state index contributed by atoms with van der Waals surface area (Å²) >= 11 is 0. The number of hydrogen-bond acceptors (Lipinski definition) is 5. The molecule has 1 atom stereocenters. The molecule has 0 aliphatic carbocycles. The Morgan fingerprint density at radius 2 is 1.86 bits per heavy atom. The van der Waals surface area contributed by atoms with Crippen molar-refractivity contribution in [3.8, 4) is 5.75 Å². The maximum absolute atomic E-state index is 13.0. The second kappa shape index (κ2) is 8.51. The standard InChI is InChI=1S/C22H26N4O3/c1-2-29-19-8-6-18(7-9-19)26-16-17(15-21(26)27)22(28)25-13-11-24(12-14-25)20-5-3-4-10-23-20/h3-10,17H,2,11-16H2,1H3/t17-/m0/s1. The average molecular weight is 394 g/mol. The van der Waals surface area contributed by atoms with Gasteiger partial charge in [-0.1, -0.05) is 6.07 Å². The first-order chi connectivity index (χ1) is 14.2. The van der Waals surface area contributed by atoms with Crippen LogP contribution in [0.5, 0.6) is 5.75 Å². The number of carbonyl (C=O) groups excluding carboxylic acids is 2. The van der Waals surface area contributed by atoms with Gasteiger partial charge in [-0.2, -0.15) is 0 Å². The molecule has 7 heteroatoms. The number of pyridine rings is 1. The van der Waals surface area contributed by atoms with Gasteiger partial charge in [-0.3, -0.25) is 9.59 Å². The number of piperazine rings is 1. The minimum atomic E-state index is -0.282. The number of rotatable bonds is 5. The lowest BCUT2D eigenvalue weighted by molar-refractivity contribution is -0.136. The highest BCUT2D eigenvalue weighted by Crippen LogP contribution is 2.28. The average Bonchev–Trinajstić information content (AvgIpc) is 3.16. The molecule has 7 nitrogen and oxygen atoms in total. The van der Waals surface area contributed by atoms with Crippen LogP contribution >= 0.6 is 0 Å². The lowest BCUT2D eigenvalue weighted by Crippen LogP contribution is -2.51. The van der Waals surface area contributed by atoms with Crippen molar-refractivity contribution >= 4 is 23.3 Å². The van der Waals surface area contributed by atoms with E-state index in [1.807, 2.05) is 54.3 Å². The molecule has 0 radical (unpaired) electrons. The molecule has 3 heterocycles. The quantitative estimate of drug-likeness (QED) is 0.778. The maximum atomic E-state index is 13.0. The zero-order valence-corrected chi connectivity index (χ0v) is 16.7. The van der Waals surface area contributed by atoms with Crippen molar-refractivity contribution in [3.05, 3.63) is 48.7 Å².